The number of aromatic amines is 1. The van der Waals surface area contributed by atoms with Gasteiger partial charge in [-0.1, -0.05) is 12.1 Å². The fourth-order valence-electron chi connectivity index (χ4n) is 2.78. The minimum Gasteiger partial charge on any atom is -0.489 e. The first-order valence-electron chi connectivity index (χ1n) is 8.31. The van der Waals surface area contributed by atoms with Crippen LogP contribution in [0.2, 0.25) is 0 Å². The van der Waals surface area contributed by atoms with Gasteiger partial charge in [0.1, 0.15) is 12.4 Å². The van der Waals surface area contributed by atoms with Crippen LogP contribution in [-0.4, -0.2) is 11.0 Å². The van der Waals surface area contributed by atoms with E-state index in [0.717, 1.165) is 34.2 Å². The summed E-state index contributed by atoms with van der Waals surface area (Å²) in [5.74, 6) is 5.21. The lowest BCUT2D eigenvalue weighted by atomic mass is 10.1. The lowest BCUT2D eigenvalue weighted by Crippen LogP contribution is -2.09. The van der Waals surface area contributed by atoms with E-state index in [2.05, 4.69) is 15.9 Å². The second kappa shape index (κ2) is 8.19. The van der Waals surface area contributed by atoms with E-state index in [1.165, 1.54) is 0 Å². The lowest BCUT2D eigenvalue weighted by Gasteiger charge is -2.07. The Balaban J connectivity index is 1.66. The van der Waals surface area contributed by atoms with Gasteiger partial charge in [-0.25, -0.2) is 0 Å². The summed E-state index contributed by atoms with van der Waals surface area (Å²) >= 11 is 0. The van der Waals surface area contributed by atoms with Crippen LogP contribution in [0, 0.1) is 11.3 Å². The first-order valence-corrected chi connectivity index (χ1v) is 8.31. The zero-order chi connectivity index (χ0) is 18.4. The Kier molecular flexibility index (Phi) is 5.52. The van der Waals surface area contributed by atoms with Crippen LogP contribution < -0.4 is 10.6 Å². The van der Waals surface area contributed by atoms with Crippen LogP contribution in [0.25, 0.3) is 10.9 Å². The summed E-state index contributed by atoms with van der Waals surface area (Å²) in [5, 5.41) is 9.91. The minimum atomic E-state index is -0.406. The molecule has 3 N–H and O–H groups in total. The molecular formula is C20H19N3O3. The lowest BCUT2D eigenvalue weighted by molar-refractivity contribution is -0.144. The fraction of sp³-hybridized carbons (Fsp3) is 0.200. The second-order valence-electron chi connectivity index (χ2n) is 5.96. The number of H-pyrrole nitrogens is 1. The van der Waals surface area contributed by atoms with Crippen molar-refractivity contribution >= 4 is 16.9 Å². The number of rotatable bonds is 7. The molecule has 0 saturated heterocycles. The minimum absolute atomic E-state index is 0.290. The molecule has 0 spiro atoms. The molecule has 3 rings (SSSR count). The number of nitrogens with zero attached hydrogens (tertiary/aromatic N) is 1. The van der Waals surface area contributed by atoms with E-state index in [-0.39, 0.29) is 6.42 Å². The van der Waals surface area contributed by atoms with Crippen molar-refractivity contribution in [2.75, 3.05) is 0 Å². The molecule has 132 valence electrons. The van der Waals surface area contributed by atoms with Crippen molar-refractivity contribution in [2.45, 2.75) is 25.9 Å². The highest BCUT2D eigenvalue weighted by Crippen LogP contribution is 2.25. The van der Waals surface area contributed by atoms with Gasteiger partial charge in [0.25, 0.3) is 0 Å². The maximum atomic E-state index is 11.1. The molecule has 0 saturated carbocycles. The third-order valence-electron chi connectivity index (χ3n) is 4.19. The highest BCUT2D eigenvalue weighted by molar-refractivity contribution is 5.84. The molecule has 0 bridgehead atoms. The highest BCUT2D eigenvalue weighted by Gasteiger charge is 2.08. The van der Waals surface area contributed by atoms with E-state index in [9.17, 15) is 4.79 Å². The molecular weight excluding hydrogens is 330 g/mol. The Labute approximate surface area is 151 Å². The first-order chi connectivity index (χ1) is 12.7. The van der Waals surface area contributed by atoms with Crippen LogP contribution in [0.1, 0.15) is 29.5 Å². The van der Waals surface area contributed by atoms with Crippen LogP contribution in [0.15, 0.2) is 48.7 Å². The number of hydrogen-bond acceptors (Lipinski definition) is 5. The van der Waals surface area contributed by atoms with E-state index in [4.69, 9.17) is 15.9 Å². The van der Waals surface area contributed by atoms with Gasteiger partial charge in [-0.05, 0) is 54.3 Å². The van der Waals surface area contributed by atoms with E-state index >= 15 is 0 Å². The molecule has 6 nitrogen and oxygen atoms in total. The van der Waals surface area contributed by atoms with Crippen molar-refractivity contribution < 1.29 is 14.4 Å². The Morgan fingerprint density at radius 3 is 2.73 bits per heavy atom. The largest absolute Gasteiger partial charge is 0.489 e. The number of nitrogens with two attached hydrogens (primary N) is 1. The first kappa shape index (κ1) is 17.5. The quantitative estimate of drug-likeness (QED) is 0.637. The third kappa shape index (κ3) is 4.21. The van der Waals surface area contributed by atoms with Gasteiger partial charge in [0, 0.05) is 23.5 Å². The zero-order valence-electron chi connectivity index (χ0n) is 14.2. The van der Waals surface area contributed by atoms with Gasteiger partial charge < -0.3 is 14.6 Å². The summed E-state index contributed by atoms with van der Waals surface area (Å²) in [7, 11) is 0. The van der Waals surface area contributed by atoms with Crippen molar-refractivity contribution in [1.29, 1.82) is 5.26 Å². The summed E-state index contributed by atoms with van der Waals surface area (Å²) in [4.78, 5) is 18.5. The topological polar surface area (TPSA) is 101 Å². The number of aromatic nitrogens is 1. The molecule has 0 aliphatic heterocycles. The van der Waals surface area contributed by atoms with Crippen molar-refractivity contribution in [1.82, 2.24) is 4.98 Å². The number of carbonyl (C=O) groups is 1. The van der Waals surface area contributed by atoms with Gasteiger partial charge >= 0.3 is 5.97 Å². The van der Waals surface area contributed by atoms with Crippen molar-refractivity contribution in [3.8, 4) is 11.8 Å². The van der Waals surface area contributed by atoms with Gasteiger partial charge in [-0.2, -0.15) is 11.2 Å². The van der Waals surface area contributed by atoms with Crippen molar-refractivity contribution in [3.05, 3.63) is 65.4 Å². The molecule has 0 radical (unpaired) electrons. The van der Waals surface area contributed by atoms with Crippen LogP contribution >= 0.6 is 0 Å². The predicted molar refractivity (Wildman–Crippen MR) is 97.0 cm³/mol. The molecule has 0 aliphatic carbocycles. The maximum absolute atomic E-state index is 11.1. The molecule has 3 aromatic rings. The summed E-state index contributed by atoms with van der Waals surface area (Å²) in [6.45, 7) is 0.430. The SMILES string of the molecule is N#Cc1ccc(COc2ccc3[nH]cc(CCCC(=O)ON)c3c2)cc1. The van der Waals surface area contributed by atoms with Gasteiger partial charge in [-0.3, -0.25) is 4.79 Å². The van der Waals surface area contributed by atoms with Gasteiger partial charge in [0.15, 0.2) is 0 Å². The number of fused-ring (bicyclic) bond motifs is 1. The van der Waals surface area contributed by atoms with E-state index in [0.29, 0.717) is 18.6 Å². The monoisotopic (exact) mass is 349 g/mol. The smallest absolute Gasteiger partial charge is 0.324 e. The summed E-state index contributed by atoms with van der Waals surface area (Å²) < 4.78 is 5.87. The zero-order valence-corrected chi connectivity index (χ0v) is 14.2. The average molecular weight is 349 g/mol. The Morgan fingerprint density at radius 2 is 2.00 bits per heavy atom. The molecule has 0 amide bonds. The highest BCUT2D eigenvalue weighted by atomic mass is 16.7. The third-order valence-corrected chi connectivity index (χ3v) is 4.19. The molecule has 26 heavy (non-hydrogen) atoms. The second-order valence-corrected chi connectivity index (χ2v) is 5.96. The number of aryl methyl sites for hydroxylation is 1. The van der Waals surface area contributed by atoms with Gasteiger partial charge in [-0.15, -0.1) is 0 Å². The predicted octanol–water partition coefficient (Wildman–Crippen LogP) is 3.36. The molecule has 6 heteroatoms. The fourth-order valence-corrected chi connectivity index (χ4v) is 2.78. The number of hydrogen-bond donors (Lipinski definition) is 2. The number of benzene rings is 2. The van der Waals surface area contributed by atoms with E-state index in [1.54, 1.807) is 12.1 Å². The maximum Gasteiger partial charge on any atom is 0.324 e. The standard InChI is InChI=1S/C20H19N3O3/c21-11-14-4-6-15(7-5-14)13-25-17-8-9-19-18(10-17)16(12-23-19)2-1-3-20(24)26-22/h4-10,12,23H,1-3,13,22H2. The molecule has 1 aromatic heterocycles. The normalized spacial score (nSPS) is 10.5. The van der Waals surface area contributed by atoms with E-state index < -0.39 is 5.97 Å². The average Bonchev–Trinajstić information content (AvgIpc) is 3.09. The van der Waals surface area contributed by atoms with Gasteiger partial charge in [0.05, 0.1) is 11.6 Å². The Hall–Kier alpha value is -3.30. The Morgan fingerprint density at radius 1 is 1.19 bits per heavy atom. The summed E-state index contributed by atoms with van der Waals surface area (Å²) in [5.41, 5.74) is 3.77. The molecule has 1 heterocycles. The number of ether oxygens (including phenoxy) is 1. The van der Waals surface area contributed by atoms with Crippen LogP contribution in [0.5, 0.6) is 5.75 Å². The van der Waals surface area contributed by atoms with E-state index in [1.807, 2.05) is 36.5 Å². The summed E-state index contributed by atoms with van der Waals surface area (Å²) in [6.07, 6.45) is 3.65. The summed E-state index contributed by atoms with van der Waals surface area (Å²) in [6, 6.07) is 15.3. The van der Waals surface area contributed by atoms with Gasteiger partial charge in [0.2, 0.25) is 0 Å². The Bertz CT molecular complexity index is 939. The van der Waals surface area contributed by atoms with Crippen molar-refractivity contribution in [3.63, 3.8) is 0 Å². The number of nitriles is 1. The number of nitrogens with one attached hydrogen (secondary N) is 1. The number of carbonyl (C=O) groups excluding carboxylic acids is 1. The van der Waals surface area contributed by atoms with Crippen molar-refractivity contribution in [2.24, 2.45) is 5.90 Å². The van der Waals surface area contributed by atoms with Crippen LogP contribution in [-0.2, 0) is 22.7 Å². The molecule has 2 aromatic carbocycles. The van der Waals surface area contributed by atoms with Crippen LogP contribution in [0.3, 0.4) is 0 Å². The molecule has 0 unspecified atom stereocenters. The van der Waals surface area contributed by atoms with Crippen LogP contribution in [0.4, 0.5) is 0 Å². The molecule has 0 atom stereocenters. The molecule has 0 aliphatic rings. The molecule has 0 fully saturated rings.